The molecule has 0 spiro atoms. The van der Waals surface area contributed by atoms with Crippen molar-refractivity contribution in [2.24, 2.45) is 0 Å². The first-order valence-electron chi connectivity index (χ1n) is 10.8. The SMILES string of the molecule is CO[C@H](/C(C)=C/C(C)=C/C(=O)NO)[C@H](OC(=O)Nc1ccc(F)cc1F)c1ccc(OCCO)cc1. The second-order valence-electron chi connectivity index (χ2n) is 7.63. The molecule has 0 aromatic heterocycles. The highest BCUT2D eigenvalue weighted by Gasteiger charge is 2.29. The minimum atomic E-state index is -1.04. The molecule has 2 rings (SSSR count). The third-order valence-corrected chi connectivity index (χ3v) is 4.87. The van der Waals surface area contributed by atoms with Crippen molar-refractivity contribution in [2.45, 2.75) is 26.1 Å². The topological polar surface area (TPSA) is 126 Å². The Labute approximate surface area is 206 Å². The molecule has 2 aromatic rings. The van der Waals surface area contributed by atoms with E-state index in [1.165, 1.54) is 12.6 Å². The van der Waals surface area contributed by atoms with Gasteiger partial charge in [-0.15, -0.1) is 0 Å². The summed E-state index contributed by atoms with van der Waals surface area (Å²) in [5, 5.41) is 19.9. The van der Waals surface area contributed by atoms with Crippen LogP contribution in [0.3, 0.4) is 0 Å². The predicted molar refractivity (Wildman–Crippen MR) is 126 cm³/mol. The van der Waals surface area contributed by atoms with Crippen molar-refractivity contribution in [3.05, 3.63) is 83.0 Å². The number of hydrogen-bond acceptors (Lipinski definition) is 7. The maximum atomic E-state index is 14.0. The second-order valence-corrected chi connectivity index (χ2v) is 7.63. The minimum Gasteiger partial charge on any atom is -0.491 e. The molecule has 0 saturated heterocycles. The van der Waals surface area contributed by atoms with Crippen LogP contribution in [0, 0.1) is 11.6 Å². The number of amides is 2. The Kier molecular flexibility index (Phi) is 11.0. The number of allylic oxidation sites excluding steroid dienone is 2. The third kappa shape index (κ3) is 8.45. The quantitative estimate of drug-likeness (QED) is 0.157. The Hall–Kier alpha value is -3.80. The summed E-state index contributed by atoms with van der Waals surface area (Å²) in [5.74, 6) is -2.03. The van der Waals surface area contributed by atoms with E-state index in [9.17, 15) is 18.4 Å². The van der Waals surface area contributed by atoms with Gasteiger partial charge in [0.25, 0.3) is 5.91 Å². The van der Waals surface area contributed by atoms with Gasteiger partial charge in [0.05, 0.1) is 12.3 Å². The lowest BCUT2D eigenvalue weighted by Crippen LogP contribution is -2.29. The third-order valence-electron chi connectivity index (χ3n) is 4.87. The van der Waals surface area contributed by atoms with E-state index in [1.54, 1.807) is 44.2 Å². The van der Waals surface area contributed by atoms with E-state index in [1.807, 2.05) is 0 Å². The van der Waals surface area contributed by atoms with Crippen LogP contribution < -0.4 is 15.5 Å². The van der Waals surface area contributed by atoms with E-state index < -0.39 is 35.8 Å². The highest BCUT2D eigenvalue weighted by molar-refractivity contribution is 5.87. The number of hydroxylamine groups is 1. The van der Waals surface area contributed by atoms with Gasteiger partial charge in [0, 0.05) is 19.3 Å². The van der Waals surface area contributed by atoms with Crippen LogP contribution in [0.4, 0.5) is 19.3 Å². The van der Waals surface area contributed by atoms with Gasteiger partial charge in [0.2, 0.25) is 0 Å². The van der Waals surface area contributed by atoms with Gasteiger partial charge in [-0.25, -0.2) is 19.1 Å². The molecule has 36 heavy (non-hydrogen) atoms. The Morgan fingerprint density at radius 1 is 1.08 bits per heavy atom. The van der Waals surface area contributed by atoms with Gasteiger partial charge >= 0.3 is 6.09 Å². The second kappa shape index (κ2) is 13.9. The highest BCUT2D eigenvalue weighted by Crippen LogP contribution is 2.30. The summed E-state index contributed by atoms with van der Waals surface area (Å²) >= 11 is 0. The van der Waals surface area contributed by atoms with Crippen LogP contribution in [-0.4, -0.2) is 48.7 Å². The van der Waals surface area contributed by atoms with Crippen molar-refractivity contribution in [3.8, 4) is 5.75 Å². The largest absolute Gasteiger partial charge is 0.491 e. The fraction of sp³-hybridized carbons (Fsp3) is 0.280. The molecule has 0 bridgehead atoms. The first kappa shape index (κ1) is 28.4. The van der Waals surface area contributed by atoms with Crippen LogP contribution in [0.1, 0.15) is 25.5 Å². The molecule has 0 aliphatic carbocycles. The molecule has 2 atom stereocenters. The number of aliphatic hydroxyl groups excluding tert-OH is 1. The van der Waals surface area contributed by atoms with E-state index in [4.69, 9.17) is 24.5 Å². The van der Waals surface area contributed by atoms with E-state index in [0.29, 0.717) is 28.5 Å². The molecule has 2 aromatic carbocycles. The smallest absolute Gasteiger partial charge is 0.412 e. The number of benzene rings is 2. The molecule has 0 aliphatic rings. The first-order valence-corrected chi connectivity index (χ1v) is 10.8. The predicted octanol–water partition coefficient (Wildman–Crippen LogP) is 4.04. The van der Waals surface area contributed by atoms with Crippen LogP contribution in [0.25, 0.3) is 0 Å². The summed E-state index contributed by atoms with van der Waals surface area (Å²) in [6.45, 7) is 3.25. The van der Waals surface area contributed by atoms with Crippen LogP contribution in [0.5, 0.6) is 5.75 Å². The summed E-state index contributed by atoms with van der Waals surface area (Å²) in [4.78, 5) is 24.1. The summed E-state index contributed by atoms with van der Waals surface area (Å²) in [6.07, 6.45) is -0.146. The lowest BCUT2D eigenvalue weighted by atomic mass is 9.97. The van der Waals surface area contributed by atoms with E-state index in [2.05, 4.69) is 5.32 Å². The van der Waals surface area contributed by atoms with Crippen LogP contribution in [0.15, 0.2) is 65.8 Å². The Balaban J connectivity index is 2.37. The van der Waals surface area contributed by atoms with Crippen LogP contribution >= 0.6 is 0 Å². The molecule has 2 amide bonds. The standard InChI is InChI=1S/C25H28F2N2O7/c1-15(13-22(31)29-33)12-16(2)23(34-3)24(17-4-7-19(8-5-17)35-11-10-30)36-25(32)28-21-9-6-18(26)14-20(21)27/h4-9,12-14,23-24,30,33H,10-11H2,1-3H3,(H,28,32)(H,29,31)/b15-13+,16-12+/t23-,24-/m1/s1. The van der Waals surface area contributed by atoms with Gasteiger partial charge < -0.3 is 19.3 Å². The minimum absolute atomic E-state index is 0.0977. The van der Waals surface area contributed by atoms with Gasteiger partial charge in [-0.2, -0.15) is 0 Å². The molecule has 0 aliphatic heterocycles. The van der Waals surface area contributed by atoms with E-state index >= 15 is 0 Å². The number of rotatable bonds is 11. The average Bonchev–Trinajstić information content (AvgIpc) is 2.84. The number of methoxy groups -OCH3 is 1. The van der Waals surface area contributed by atoms with Crippen molar-refractivity contribution >= 4 is 17.7 Å². The number of carbonyl (C=O) groups excluding carboxylic acids is 2. The molecular formula is C25H28F2N2O7. The monoisotopic (exact) mass is 506 g/mol. The summed E-state index contributed by atoms with van der Waals surface area (Å²) < 4.78 is 43.8. The van der Waals surface area contributed by atoms with Crippen molar-refractivity contribution in [1.82, 2.24) is 5.48 Å². The highest BCUT2D eigenvalue weighted by atomic mass is 19.1. The van der Waals surface area contributed by atoms with Gasteiger partial charge in [-0.3, -0.25) is 15.3 Å². The maximum absolute atomic E-state index is 14.0. The molecule has 0 unspecified atom stereocenters. The number of carbonyl (C=O) groups is 2. The van der Waals surface area contributed by atoms with Crippen LogP contribution in [0.2, 0.25) is 0 Å². The van der Waals surface area contributed by atoms with E-state index in [-0.39, 0.29) is 18.9 Å². The van der Waals surface area contributed by atoms with Crippen molar-refractivity contribution in [1.29, 1.82) is 0 Å². The Morgan fingerprint density at radius 3 is 2.36 bits per heavy atom. The first-order chi connectivity index (χ1) is 17.2. The molecule has 0 radical (unpaired) electrons. The summed E-state index contributed by atoms with van der Waals surface area (Å²) in [5.41, 5.74) is 2.76. The average molecular weight is 507 g/mol. The molecule has 11 heteroatoms. The van der Waals surface area contributed by atoms with Crippen molar-refractivity contribution in [3.63, 3.8) is 0 Å². The normalized spacial score (nSPS) is 13.5. The zero-order valence-corrected chi connectivity index (χ0v) is 20.0. The molecule has 0 fully saturated rings. The zero-order chi connectivity index (χ0) is 26.7. The van der Waals surface area contributed by atoms with Crippen LogP contribution in [-0.2, 0) is 14.3 Å². The summed E-state index contributed by atoms with van der Waals surface area (Å²) in [6, 6.07) is 9.16. The molecule has 194 valence electrons. The van der Waals surface area contributed by atoms with Gasteiger partial charge in [0.15, 0.2) is 6.10 Å². The van der Waals surface area contributed by atoms with Crippen molar-refractivity contribution < 1.29 is 42.9 Å². The Morgan fingerprint density at radius 2 is 1.78 bits per heavy atom. The number of halogens is 2. The molecular weight excluding hydrogens is 478 g/mol. The van der Waals surface area contributed by atoms with E-state index in [0.717, 1.165) is 18.2 Å². The van der Waals surface area contributed by atoms with Crippen molar-refractivity contribution in [2.75, 3.05) is 25.6 Å². The number of hydrogen-bond donors (Lipinski definition) is 4. The van der Waals surface area contributed by atoms with Gasteiger partial charge in [-0.05, 0) is 54.8 Å². The number of aliphatic hydroxyl groups is 1. The number of ether oxygens (including phenoxy) is 3. The molecule has 9 nitrogen and oxygen atoms in total. The fourth-order valence-corrected chi connectivity index (χ4v) is 3.34. The lowest BCUT2D eigenvalue weighted by Gasteiger charge is -2.27. The number of anilines is 1. The summed E-state index contributed by atoms with van der Waals surface area (Å²) in [7, 11) is 1.40. The van der Waals surface area contributed by atoms with Gasteiger partial charge in [-0.1, -0.05) is 18.2 Å². The lowest BCUT2D eigenvalue weighted by molar-refractivity contribution is -0.124. The molecule has 4 N–H and O–H groups in total. The maximum Gasteiger partial charge on any atom is 0.412 e. The molecule has 0 heterocycles. The number of nitrogens with one attached hydrogen (secondary N) is 2. The Bertz CT molecular complexity index is 1100. The van der Waals surface area contributed by atoms with Gasteiger partial charge in [0.1, 0.15) is 30.1 Å². The molecule has 0 saturated carbocycles. The fourth-order valence-electron chi connectivity index (χ4n) is 3.34. The zero-order valence-electron chi connectivity index (χ0n) is 20.0.